The Balaban J connectivity index is 2.63. The lowest BCUT2D eigenvalue weighted by Crippen LogP contribution is -2.32. The minimum Gasteiger partial charge on any atom is -0.350 e. The van der Waals surface area contributed by atoms with Crippen LogP contribution in [0, 0.1) is 0 Å². The van der Waals surface area contributed by atoms with Crippen molar-refractivity contribution in [3.8, 4) is 0 Å². The summed E-state index contributed by atoms with van der Waals surface area (Å²) in [7, 11) is 0. The number of carbonyl (C=O) groups is 2. The van der Waals surface area contributed by atoms with Crippen LogP contribution in [0.15, 0.2) is 24.3 Å². The fourth-order valence-corrected chi connectivity index (χ4v) is 2.02. The average molecular weight is 315 g/mol. The van der Waals surface area contributed by atoms with Crippen molar-refractivity contribution >= 4 is 11.7 Å². The summed E-state index contributed by atoms with van der Waals surface area (Å²) in [5.41, 5.74) is -0.235. The SMILES string of the molecule is CCCCCC(C)NC(=O)c1ccc(C(=O)C(F)(F)F)cc1. The average Bonchev–Trinajstić information content (AvgIpc) is 2.46. The lowest BCUT2D eigenvalue weighted by molar-refractivity contribution is -0.0885. The Hall–Kier alpha value is -1.85. The number of nitrogens with one attached hydrogen (secondary N) is 1. The van der Waals surface area contributed by atoms with Crippen LogP contribution in [0.25, 0.3) is 0 Å². The summed E-state index contributed by atoms with van der Waals surface area (Å²) in [6.07, 6.45) is -0.859. The van der Waals surface area contributed by atoms with Gasteiger partial charge in [0.15, 0.2) is 0 Å². The molecule has 0 spiro atoms. The number of benzene rings is 1. The molecule has 6 heteroatoms. The topological polar surface area (TPSA) is 46.2 Å². The van der Waals surface area contributed by atoms with Crippen molar-refractivity contribution in [2.24, 2.45) is 0 Å². The maximum atomic E-state index is 12.3. The molecule has 0 heterocycles. The van der Waals surface area contributed by atoms with E-state index in [1.807, 2.05) is 6.92 Å². The molecule has 3 nitrogen and oxygen atoms in total. The zero-order chi connectivity index (χ0) is 16.8. The molecule has 1 aromatic carbocycles. The molecule has 0 radical (unpaired) electrons. The molecule has 1 N–H and O–H groups in total. The molecule has 0 aliphatic heterocycles. The van der Waals surface area contributed by atoms with E-state index < -0.39 is 17.5 Å². The largest absolute Gasteiger partial charge is 0.454 e. The number of unbranched alkanes of at least 4 members (excludes halogenated alkanes) is 2. The van der Waals surface area contributed by atoms with E-state index in [4.69, 9.17) is 0 Å². The quantitative estimate of drug-likeness (QED) is 0.607. The van der Waals surface area contributed by atoms with E-state index in [1.54, 1.807) is 0 Å². The van der Waals surface area contributed by atoms with Crippen LogP contribution in [0.3, 0.4) is 0 Å². The molecule has 1 unspecified atom stereocenters. The number of hydrogen-bond acceptors (Lipinski definition) is 2. The Kier molecular flexibility index (Phi) is 6.59. The highest BCUT2D eigenvalue weighted by molar-refractivity contribution is 6.01. The van der Waals surface area contributed by atoms with Crippen molar-refractivity contribution in [3.63, 3.8) is 0 Å². The predicted molar refractivity (Wildman–Crippen MR) is 77.9 cm³/mol. The van der Waals surface area contributed by atoms with E-state index in [-0.39, 0.29) is 17.5 Å². The van der Waals surface area contributed by atoms with Crippen molar-refractivity contribution < 1.29 is 22.8 Å². The van der Waals surface area contributed by atoms with Crippen molar-refractivity contribution in [1.82, 2.24) is 5.32 Å². The predicted octanol–water partition coefficient (Wildman–Crippen LogP) is 4.13. The van der Waals surface area contributed by atoms with Crippen LogP contribution >= 0.6 is 0 Å². The third kappa shape index (κ3) is 5.50. The highest BCUT2D eigenvalue weighted by Crippen LogP contribution is 2.21. The molecule has 22 heavy (non-hydrogen) atoms. The normalized spacial score (nSPS) is 12.8. The summed E-state index contributed by atoms with van der Waals surface area (Å²) in [4.78, 5) is 23.0. The number of hydrogen-bond donors (Lipinski definition) is 1. The fraction of sp³-hybridized carbons (Fsp3) is 0.500. The maximum absolute atomic E-state index is 12.3. The molecule has 0 aliphatic carbocycles. The highest BCUT2D eigenvalue weighted by Gasteiger charge is 2.39. The van der Waals surface area contributed by atoms with Gasteiger partial charge in [-0.2, -0.15) is 13.2 Å². The second kappa shape index (κ2) is 7.96. The highest BCUT2D eigenvalue weighted by atomic mass is 19.4. The summed E-state index contributed by atoms with van der Waals surface area (Å²) in [5.74, 6) is -2.26. The third-order valence-corrected chi connectivity index (χ3v) is 3.28. The van der Waals surface area contributed by atoms with E-state index >= 15 is 0 Å². The summed E-state index contributed by atoms with van der Waals surface area (Å²) >= 11 is 0. The Morgan fingerprint density at radius 2 is 1.64 bits per heavy atom. The maximum Gasteiger partial charge on any atom is 0.454 e. The molecule has 1 aromatic rings. The molecule has 0 saturated carbocycles. The van der Waals surface area contributed by atoms with Crippen LogP contribution in [0.1, 0.15) is 60.2 Å². The van der Waals surface area contributed by atoms with Crippen molar-refractivity contribution in [3.05, 3.63) is 35.4 Å². The van der Waals surface area contributed by atoms with Gasteiger partial charge >= 0.3 is 6.18 Å². The Morgan fingerprint density at radius 1 is 1.09 bits per heavy atom. The van der Waals surface area contributed by atoms with Crippen molar-refractivity contribution in [1.29, 1.82) is 0 Å². The molecule has 1 atom stereocenters. The molecule has 0 aliphatic rings. The molecule has 122 valence electrons. The molecule has 0 bridgehead atoms. The minimum absolute atomic E-state index is 0.00414. The van der Waals surface area contributed by atoms with Crippen LogP contribution < -0.4 is 5.32 Å². The molecule has 1 rings (SSSR count). The smallest absolute Gasteiger partial charge is 0.350 e. The number of rotatable bonds is 7. The number of ketones is 1. The molecule has 0 saturated heterocycles. The Bertz CT molecular complexity index is 509. The van der Waals surface area contributed by atoms with Crippen molar-refractivity contribution in [2.75, 3.05) is 0 Å². The van der Waals surface area contributed by atoms with Gasteiger partial charge in [-0.3, -0.25) is 9.59 Å². The van der Waals surface area contributed by atoms with Gasteiger partial charge in [-0.1, -0.05) is 38.3 Å². The first-order valence-corrected chi connectivity index (χ1v) is 7.28. The number of amides is 1. The van der Waals surface area contributed by atoms with Crippen LogP contribution in [0.4, 0.5) is 13.2 Å². The number of alkyl halides is 3. The molecular weight excluding hydrogens is 295 g/mol. The summed E-state index contributed by atoms with van der Waals surface area (Å²) in [6.45, 7) is 3.97. The molecule has 1 amide bonds. The van der Waals surface area contributed by atoms with Gasteiger partial charge in [0.1, 0.15) is 0 Å². The van der Waals surface area contributed by atoms with E-state index in [0.29, 0.717) is 0 Å². The number of halogens is 3. The fourth-order valence-electron chi connectivity index (χ4n) is 2.02. The molecular formula is C16H20F3NO2. The minimum atomic E-state index is -4.91. The van der Waals surface area contributed by atoms with Crippen LogP contribution in [0.2, 0.25) is 0 Å². The second-order valence-corrected chi connectivity index (χ2v) is 5.27. The van der Waals surface area contributed by atoms with Gasteiger partial charge in [0.05, 0.1) is 0 Å². The Labute approximate surface area is 127 Å². The number of Topliss-reactive ketones (excluding diaryl/α,β-unsaturated/α-hetero) is 1. The summed E-state index contributed by atoms with van der Waals surface area (Å²) in [6, 6.07) is 4.49. The van der Waals surface area contributed by atoms with Gasteiger partial charge in [-0.15, -0.1) is 0 Å². The van der Waals surface area contributed by atoms with Gasteiger partial charge in [-0.25, -0.2) is 0 Å². The number of carbonyl (C=O) groups excluding carboxylic acids is 2. The summed E-state index contributed by atoms with van der Waals surface area (Å²) in [5, 5.41) is 2.79. The molecule has 0 aromatic heterocycles. The van der Waals surface area contributed by atoms with Gasteiger partial charge in [0.25, 0.3) is 11.7 Å². The summed E-state index contributed by atoms with van der Waals surface area (Å²) < 4.78 is 36.9. The third-order valence-electron chi connectivity index (χ3n) is 3.28. The zero-order valence-electron chi connectivity index (χ0n) is 12.7. The van der Waals surface area contributed by atoms with Gasteiger partial charge in [-0.05, 0) is 25.5 Å². The van der Waals surface area contributed by atoms with E-state index in [1.165, 1.54) is 12.1 Å². The van der Waals surface area contributed by atoms with Crippen molar-refractivity contribution in [2.45, 2.75) is 51.7 Å². The lowest BCUT2D eigenvalue weighted by Gasteiger charge is -2.14. The van der Waals surface area contributed by atoms with E-state index in [0.717, 1.165) is 37.8 Å². The Morgan fingerprint density at radius 3 is 2.14 bits per heavy atom. The van der Waals surface area contributed by atoms with E-state index in [9.17, 15) is 22.8 Å². The first-order chi connectivity index (χ1) is 10.3. The van der Waals surface area contributed by atoms with Gasteiger partial charge in [0, 0.05) is 17.2 Å². The van der Waals surface area contributed by atoms with Gasteiger partial charge in [0.2, 0.25) is 0 Å². The van der Waals surface area contributed by atoms with E-state index in [2.05, 4.69) is 12.2 Å². The second-order valence-electron chi connectivity index (χ2n) is 5.27. The zero-order valence-corrected chi connectivity index (χ0v) is 12.7. The first-order valence-electron chi connectivity index (χ1n) is 7.28. The van der Waals surface area contributed by atoms with Crippen LogP contribution in [-0.2, 0) is 0 Å². The van der Waals surface area contributed by atoms with Gasteiger partial charge < -0.3 is 5.32 Å². The van der Waals surface area contributed by atoms with Crippen LogP contribution in [0.5, 0.6) is 0 Å². The first kappa shape index (κ1) is 18.2. The monoisotopic (exact) mass is 315 g/mol. The standard InChI is InChI=1S/C16H20F3NO2/c1-3-4-5-6-11(2)20-15(22)13-9-7-12(8-10-13)14(21)16(17,18)19/h7-11H,3-6H2,1-2H3,(H,20,22). The lowest BCUT2D eigenvalue weighted by atomic mass is 10.1. The van der Waals surface area contributed by atoms with Crippen LogP contribution in [-0.4, -0.2) is 23.9 Å². The molecule has 0 fully saturated rings.